The van der Waals surface area contributed by atoms with Gasteiger partial charge in [0.1, 0.15) is 0 Å². The summed E-state index contributed by atoms with van der Waals surface area (Å²) in [7, 11) is 0. The SMILES string of the molecule is Nc1ccc(CN(CC(=O)NCC2CC2)C2CC2)cc1. The van der Waals surface area contributed by atoms with Crippen LogP contribution < -0.4 is 11.1 Å². The Labute approximate surface area is 120 Å². The maximum atomic E-state index is 12.0. The normalized spacial score (nSPS) is 18.2. The van der Waals surface area contributed by atoms with E-state index in [1.165, 1.54) is 31.2 Å². The maximum absolute atomic E-state index is 12.0. The van der Waals surface area contributed by atoms with Crippen LogP contribution in [0.5, 0.6) is 0 Å². The smallest absolute Gasteiger partial charge is 0.234 e. The van der Waals surface area contributed by atoms with Gasteiger partial charge in [-0.2, -0.15) is 0 Å². The van der Waals surface area contributed by atoms with Gasteiger partial charge in [0.05, 0.1) is 6.54 Å². The van der Waals surface area contributed by atoms with Gasteiger partial charge in [0, 0.05) is 24.8 Å². The van der Waals surface area contributed by atoms with Gasteiger partial charge in [-0.1, -0.05) is 12.1 Å². The quantitative estimate of drug-likeness (QED) is 0.744. The van der Waals surface area contributed by atoms with Crippen molar-refractivity contribution in [3.63, 3.8) is 0 Å². The van der Waals surface area contributed by atoms with Crippen molar-refractivity contribution >= 4 is 11.6 Å². The molecule has 0 aromatic heterocycles. The Morgan fingerprint density at radius 3 is 2.50 bits per heavy atom. The zero-order valence-electron chi connectivity index (χ0n) is 11.8. The van der Waals surface area contributed by atoms with Gasteiger partial charge in [-0.15, -0.1) is 0 Å². The first-order valence-corrected chi connectivity index (χ1v) is 7.56. The molecule has 2 aliphatic carbocycles. The molecule has 0 atom stereocenters. The molecule has 108 valence electrons. The number of nitrogens with two attached hydrogens (primary N) is 1. The van der Waals surface area contributed by atoms with E-state index in [0.717, 1.165) is 24.7 Å². The minimum Gasteiger partial charge on any atom is -0.399 e. The number of benzene rings is 1. The first-order valence-electron chi connectivity index (χ1n) is 7.56. The van der Waals surface area contributed by atoms with Crippen molar-refractivity contribution in [1.82, 2.24) is 10.2 Å². The second-order valence-electron chi connectivity index (χ2n) is 6.13. The molecule has 2 saturated carbocycles. The van der Waals surface area contributed by atoms with Crippen molar-refractivity contribution in [2.24, 2.45) is 5.92 Å². The van der Waals surface area contributed by atoms with Crippen LogP contribution in [0.2, 0.25) is 0 Å². The second-order valence-corrected chi connectivity index (χ2v) is 6.13. The zero-order valence-corrected chi connectivity index (χ0v) is 11.8. The van der Waals surface area contributed by atoms with Crippen molar-refractivity contribution in [2.75, 3.05) is 18.8 Å². The number of carbonyl (C=O) groups excluding carboxylic acids is 1. The number of nitrogens with zero attached hydrogens (tertiary/aromatic N) is 1. The van der Waals surface area contributed by atoms with Crippen molar-refractivity contribution in [3.05, 3.63) is 29.8 Å². The molecular weight excluding hydrogens is 250 g/mol. The lowest BCUT2D eigenvalue weighted by molar-refractivity contribution is -0.122. The van der Waals surface area contributed by atoms with Gasteiger partial charge >= 0.3 is 0 Å². The van der Waals surface area contributed by atoms with E-state index in [9.17, 15) is 4.79 Å². The van der Waals surface area contributed by atoms with Crippen LogP contribution in [-0.4, -0.2) is 29.9 Å². The largest absolute Gasteiger partial charge is 0.399 e. The van der Waals surface area contributed by atoms with Gasteiger partial charge in [-0.3, -0.25) is 9.69 Å². The van der Waals surface area contributed by atoms with Crippen LogP contribution in [0, 0.1) is 5.92 Å². The molecule has 0 heterocycles. The van der Waals surface area contributed by atoms with E-state index in [1.807, 2.05) is 24.3 Å². The molecule has 0 radical (unpaired) electrons. The number of nitrogens with one attached hydrogen (secondary N) is 1. The number of rotatable bonds is 7. The van der Waals surface area contributed by atoms with Gasteiger partial charge < -0.3 is 11.1 Å². The Bertz CT molecular complexity index is 463. The number of carbonyl (C=O) groups is 1. The molecule has 0 saturated heterocycles. The highest BCUT2D eigenvalue weighted by atomic mass is 16.2. The molecule has 1 aromatic rings. The fourth-order valence-electron chi connectivity index (χ4n) is 2.43. The average Bonchev–Trinajstić information content (AvgIpc) is 3.30. The molecule has 4 heteroatoms. The Morgan fingerprint density at radius 2 is 1.90 bits per heavy atom. The van der Waals surface area contributed by atoms with Gasteiger partial charge in [0.2, 0.25) is 5.91 Å². The molecule has 0 bridgehead atoms. The lowest BCUT2D eigenvalue weighted by Gasteiger charge is -2.21. The van der Waals surface area contributed by atoms with Gasteiger partial charge in [0.15, 0.2) is 0 Å². The summed E-state index contributed by atoms with van der Waals surface area (Å²) in [4.78, 5) is 14.3. The van der Waals surface area contributed by atoms with Crippen LogP contribution >= 0.6 is 0 Å². The minimum atomic E-state index is 0.166. The zero-order chi connectivity index (χ0) is 13.9. The van der Waals surface area contributed by atoms with E-state index in [1.54, 1.807) is 0 Å². The summed E-state index contributed by atoms with van der Waals surface area (Å²) in [6, 6.07) is 8.53. The van der Waals surface area contributed by atoms with Crippen molar-refractivity contribution in [2.45, 2.75) is 38.3 Å². The Kier molecular flexibility index (Phi) is 3.92. The molecule has 1 aromatic carbocycles. The molecule has 1 amide bonds. The van der Waals surface area contributed by atoms with Gasteiger partial charge in [-0.25, -0.2) is 0 Å². The van der Waals surface area contributed by atoms with Crippen molar-refractivity contribution < 1.29 is 4.79 Å². The van der Waals surface area contributed by atoms with E-state index in [0.29, 0.717) is 12.6 Å². The highest BCUT2D eigenvalue weighted by Gasteiger charge is 2.30. The van der Waals surface area contributed by atoms with Crippen LogP contribution in [0.15, 0.2) is 24.3 Å². The molecule has 2 aliphatic rings. The molecule has 0 spiro atoms. The minimum absolute atomic E-state index is 0.166. The predicted octanol–water partition coefficient (Wildman–Crippen LogP) is 1.76. The monoisotopic (exact) mass is 273 g/mol. The van der Waals surface area contributed by atoms with Gasteiger partial charge in [0.25, 0.3) is 0 Å². The van der Waals surface area contributed by atoms with Gasteiger partial charge in [-0.05, 0) is 49.3 Å². The molecule has 3 N–H and O–H groups in total. The van der Waals surface area contributed by atoms with Crippen LogP contribution in [0.4, 0.5) is 5.69 Å². The van der Waals surface area contributed by atoms with Crippen molar-refractivity contribution in [3.8, 4) is 0 Å². The number of hydrogen-bond acceptors (Lipinski definition) is 3. The number of anilines is 1. The molecule has 2 fully saturated rings. The van der Waals surface area contributed by atoms with Crippen LogP contribution in [0.25, 0.3) is 0 Å². The predicted molar refractivity (Wildman–Crippen MR) is 80.0 cm³/mol. The molecule has 3 rings (SSSR count). The first-order chi connectivity index (χ1) is 9.70. The van der Waals surface area contributed by atoms with E-state index >= 15 is 0 Å². The number of nitrogen functional groups attached to an aromatic ring is 1. The summed E-state index contributed by atoms with van der Waals surface area (Å²) in [6.45, 7) is 2.21. The molecule has 20 heavy (non-hydrogen) atoms. The Morgan fingerprint density at radius 1 is 1.20 bits per heavy atom. The summed E-state index contributed by atoms with van der Waals surface area (Å²) in [6.07, 6.45) is 4.98. The summed E-state index contributed by atoms with van der Waals surface area (Å²) >= 11 is 0. The van der Waals surface area contributed by atoms with Crippen LogP contribution in [0.3, 0.4) is 0 Å². The van der Waals surface area contributed by atoms with E-state index in [-0.39, 0.29) is 5.91 Å². The lowest BCUT2D eigenvalue weighted by Crippen LogP contribution is -2.38. The number of amides is 1. The maximum Gasteiger partial charge on any atom is 0.234 e. The van der Waals surface area contributed by atoms with Crippen molar-refractivity contribution in [1.29, 1.82) is 0 Å². The fourth-order valence-corrected chi connectivity index (χ4v) is 2.43. The number of hydrogen-bond donors (Lipinski definition) is 2. The summed E-state index contributed by atoms with van der Waals surface area (Å²) in [5.74, 6) is 0.907. The topological polar surface area (TPSA) is 58.4 Å². The highest BCUT2D eigenvalue weighted by molar-refractivity contribution is 5.78. The van der Waals surface area contributed by atoms with Crippen LogP contribution in [-0.2, 0) is 11.3 Å². The van der Waals surface area contributed by atoms with E-state index < -0.39 is 0 Å². The Balaban J connectivity index is 1.52. The van der Waals surface area contributed by atoms with Crippen LogP contribution in [0.1, 0.15) is 31.2 Å². The lowest BCUT2D eigenvalue weighted by atomic mass is 10.2. The summed E-state index contributed by atoms with van der Waals surface area (Å²) in [5.41, 5.74) is 7.72. The third-order valence-corrected chi connectivity index (χ3v) is 4.06. The molecular formula is C16H23N3O. The second kappa shape index (κ2) is 5.83. The summed E-state index contributed by atoms with van der Waals surface area (Å²) < 4.78 is 0. The molecule has 0 aliphatic heterocycles. The standard InChI is InChI=1S/C16H23N3O/c17-14-5-3-13(4-6-14)10-19(15-7-8-15)11-16(20)18-9-12-1-2-12/h3-6,12,15H,1-2,7-11,17H2,(H,18,20). The third kappa shape index (κ3) is 3.97. The highest BCUT2D eigenvalue weighted by Crippen LogP contribution is 2.29. The Hall–Kier alpha value is -1.55. The van der Waals surface area contributed by atoms with E-state index in [4.69, 9.17) is 5.73 Å². The molecule has 4 nitrogen and oxygen atoms in total. The first kappa shape index (κ1) is 13.4. The summed E-state index contributed by atoms with van der Waals surface area (Å²) in [5, 5.41) is 3.05. The third-order valence-electron chi connectivity index (χ3n) is 4.06. The van der Waals surface area contributed by atoms with E-state index in [2.05, 4.69) is 10.2 Å². The molecule has 0 unspecified atom stereocenters. The fraction of sp³-hybridized carbons (Fsp3) is 0.562. The average molecular weight is 273 g/mol.